The van der Waals surface area contributed by atoms with Crippen LogP contribution in [0.4, 0.5) is 0 Å². The highest BCUT2D eigenvalue weighted by Gasteiger charge is 2.32. The van der Waals surface area contributed by atoms with Crippen LogP contribution in [0.1, 0.15) is 34.9 Å². The summed E-state index contributed by atoms with van der Waals surface area (Å²) in [5, 5.41) is 6.47. The van der Waals surface area contributed by atoms with Crippen molar-refractivity contribution in [1.82, 2.24) is 19.8 Å². The highest BCUT2D eigenvalue weighted by atomic mass is 32.2. The van der Waals surface area contributed by atoms with E-state index >= 15 is 0 Å². The Morgan fingerprint density at radius 3 is 3.04 bits per heavy atom. The van der Waals surface area contributed by atoms with Crippen molar-refractivity contribution < 1.29 is 17.7 Å². The van der Waals surface area contributed by atoms with Gasteiger partial charge in [-0.05, 0) is 31.0 Å². The van der Waals surface area contributed by atoms with E-state index in [4.69, 9.17) is 4.52 Å². The van der Waals surface area contributed by atoms with Crippen LogP contribution in [-0.2, 0) is 10.0 Å². The van der Waals surface area contributed by atoms with E-state index < -0.39 is 10.0 Å². The molecule has 1 aromatic carbocycles. The van der Waals surface area contributed by atoms with Crippen LogP contribution >= 0.6 is 0 Å². The van der Waals surface area contributed by atoms with Gasteiger partial charge in [-0.3, -0.25) is 4.79 Å². The van der Waals surface area contributed by atoms with E-state index in [9.17, 15) is 13.2 Å². The van der Waals surface area contributed by atoms with E-state index in [2.05, 4.69) is 22.0 Å². The molecule has 1 atom stereocenters. The first-order chi connectivity index (χ1) is 12.5. The minimum absolute atomic E-state index is 0.0949. The molecule has 0 spiro atoms. The first-order valence-corrected chi connectivity index (χ1v) is 9.72. The lowest BCUT2D eigenvalue weighted by molar-refractivity contribution is 0.0958. The number of carbonyl (C=O) groups excluding carboxylic acids is 1. The van der Waals surface area contributed by atoms with Crippen molar-refractivity contribution in [3.05, 3.63) is 54.7 Å². The SMILES string of the molecule is C=CCNC(=O)c1cccc(S(=O)(=O)N2CCCC(c3ncon3)C2)c1. The summed E-state index contributed by atoms with van der Waals surface area (Å²) in [7, 11) is -3.72. The van der Waals surface area contributed by atoms with Gasteiger partial charge in [-0.1, -0.05) is 17.3 Å². The Labute approximate surface area is 151 Å². The molecule has 138 valence electrons. The predicted molar refractivity (Wildman–Crippen MR) is 94.0 cm³/mol. The molecule has 26 heavy (non-hydrogen) atoms. The van der Waals surface area contributed by atoms with Gasteiger partial charge in [0, 0.05) is 31.1 Å². The van der Waals surface area contributed by atoms with Crippen molar-refractivity contribution in [2.75, 3.05) is 19.6 Å². The molecular formula is C17H20N4O4S. The zero-order chi connectivity index (χ0) is 18.6. The Balaban J connectivity index is 1.81. The third-order valence-electron chi connectivity index (χ3n) is 4.27. The number of nitrogens with one attached hydrogen (secondary N) is 1. The topological polar surface area (TPSA) is 105 Å². The summed E-state index contributed by atoms with van der Waals surface area (Å²) in [6, 6.07) is 6.04. The Morgan fingerprint density at radius 2 is 2.31 bits per heavy atom. The van der Waals surface area contributed by atoms with Crippen molar-refractivity contribution in [3.8, 4) is 0 Å². The fraction of sp³-hybridized carbons (Fsp3) is 0.353. The molecule has 1 N–H and O–H groups in total. The maximum atomic E-state index is 13.0. The van der Waals surface area contributed by atoms with Gasteiger partial charge >= 0.3 is 0 Å². The highest BCUT2D eigenvalue weighted by Crippen LogP contribution is 2.28. The van der Waals surface area contributed by atoms with Crippen molar-refractivity contribution in [2.24, 2.45) is 0 Å². The van der Waals surface area contributed by atoms with Gasteiger partial charge in [-0.15, -0.1) is 6.58 Å². The van der Waals surface area contributed by atoms with Gasteiger partial charge in [0.1, 0.15) is 0 Å². The van der Waals surface area contributed by atoms with E-state index in [0.717, 1.165) is 6.42 Å². The summed E-state index contributed by atoms with van der Waals surface area (Å²) >= 11 is 0. The predicted octanol–water partition coefficient (Wildman–Crippen LogP) is 1.55. The lowest BCUT2D eigenvalue weighted by Gasteiger charge is -2.30. The van der Waals surface area contributed by atoms with Crippen molar-refractivity contribution in [1.29, 1.82) is 0 Å². The summed E-state index contributed by atoms with van der Waals surface area (Å²) in [6.07, 6.45) is 4.31. The molecule has 3 rings (SSSR count). The summed E-state index contributed by atoms with van der Waals surface area (Å²) in [5.74, 6) is 0.0732. The second kappa shape index (κ2) is 7.79. The summed E-state index contributed by atoms with van der Waals surface area (Å²) in [4.78, 5) is 16.2. The molecule has 9 heteroatoms. The number of carbonyl (C=O) groups is 1. The standard InChI is InChI=1S/C17H20N4O4S/c1-2-8-18-17(22)13-5-3-7-15(10-13)26(23,24)21-9-4-6-14(11-21)16-19-12-25-20-16/h2-3,5,7,10,12,14H,1,4,6,8-9,11H2,(H,18,22). The zero-order valence-electron chi connectivity index (χ0n) is 14.2. The van der Waals surface area contributed by atoms with Gasteiger partial charge in [-0.25, -0.2) is 8.42 Å². The first-order valence-electron chi connectivity index (χ1n) is 8.28. The number of benzene rings is 1. The normalized spacial score (nSPS) is 18.4. The largest absolute Gasteiger partial charge is 0.349 e. The van der Waals surface area contributed by atoms with E-state index in [1.165, 1.54) is 22.8 Å². The molecule has 0 radical (unpaired) electrons. The van der Waals surface area contributed by atoms with Crippen LogP contribution in [0.15, 0.2) is 52.7 Å². The summed E-state index contributed by atoms with van der Waals surface area (Å²) in [5.41, 5.74) is 0.291. The van der Waals surface area contributed by atoms with Gasteiger partial charge in [0.2, 0.25) is 16.4 Å². The maximum absolute atomic E-state index is 13.0. The van der Waals surface area contributed by atoms with Crippen LogP contribution in [0, 0.1) is 0 Å². The Morgan fingerprint density at radius 1 is 1.46 bits per heavy atom. The zero-order valence-corrected chi connectivity index (χ0v) is 15.0. The van der Waals surface area contributed by atoms with Crippen LogP contribution in [0.3, 0.4) is 0 Å². The number of sulfonamides is 1. The van der Waals surface area contributed by atoms with Crippen LogP contribution in [0.5, 0.6) is 0 Å². The number of rotatable bonds is 6. The Bertz CT molecular complexity index is 880. The quantitative estimate of drug-likeness (QED) is 0.767. The molecule has 1 aliphatic heterocycles. The molecule has 1 amide bonds. The minimum atomic E-state index is -3.72. The molecule has 1 fully saturated rings. The molecule has 8 nitrogen and oxygen atoms in total. The molecule has 2 aromatic rings. The Kier molecular flexibility index (Phi) is 5.48. The first kappa shape index (κ1) is 18.3. The molecule has 1 saturated heterocycles. The smallest absolute Gasteiger partial charge is 0.251 e. The molecule has 1 aromatic heterocycles. The average Bonchev–Trinajstić information content (AvgIpc) is 3.21. The minimum Gasteiger partial charge on any atom is -0.349 e. The molecule has 2 heterocycles. The van der Waals surface area contributed by atoms with Crippen molar-refractivity contribution in [2.45, 2.75) is 23.7 Å². The van der Waals surface area contributed by atoms with Crippen LogP contribution < -0.4 is 5.32 Å². The summed E-state index contributed by atoms with van der Waals surface area (Å²) < 4.78 is 32.2. The van der Waals surface area contributed by atoms with Crippen LogP contribution in [0.2, 0.25) is 0 Å². The molecule has 1 unspecified atom stereocenters. The van der Waals surface area contributed by atoms with Gasteiger partial charge in [0.25, 0.3) is 5.91 Å². The monoisotopic (exact) mass is 376 g/mol. The molecule has 0 bridgehead atoms. The second-order valence-corrected chi connectivity index (χ2v) is 7.96. The Hall–Kier alpha value is -2.52. The third kappa shape index (κ3) is 3.83. The van der Waals surface area contributed by atoms with E-state index in [1.54, 1.807) is 18.2 Å². The number of aromatic nitrogens is 2. The fourth-order valence-electron chi connectivity index (χ4n) is 2.94. The van der Waals surface area contributed by atoms with Crippen molar-refractivity contribution in [3.63, 3.8) is 0 Å². The average molecular weight is 376 g/mol. The number of amides is 1. The van der Waals surface area contributed by atoms with Gasteiger partial charge < -0.3 is 9.84 Å². The van der Waals surface area contributed by atoms with Gasteiger partial charge in [0.15, 0.2) is 5.82 Å². The van der Waals surface area contributed by atoms with Gasteiger partial charge in [-0.2, -0.15) is 9.29 Å². The van der Waals surface area contributed by atoms with Crippen LogP contribution in [-0.4, -0.2) is 48.4 Å². The second-order valence-electron chi connectivity index (χ2n) is 6.02. The molecule has 0 saturated carbocycles. The van der Waals surface area contributed by atoms with E-state index in [0.29, 0.717) is 30.9 Å². The third-order valence-corrected chi connectivity index (χ3v) is 6.13. The van der Waals surface area contributed by atoms with E-state index in [1.807, 2.05) is 0 Å². The number of nitrogens with zero attached hydrogens (tertiary/aromatic N) is 3. The number of piperidine rings is 1. The lowest BCUT2D eigenvalue weighted by Crippen LogP contribution is -2.39. The highest BCUT2D eigenvalue weighted by molar-refractivity contribution is 7.89. The fourth-order valence-corrected chi connectivity index (χ4v) is 4.51. The molecular weight excluding hydrogens is 356 g/mol. The molecule has 0 aliphatic carbocycles. The maximum Gasteiger partial charge on any atom is 0.251 e. The summed E-state index contributed by atoms with van der Waals surface area (Å²) in [6.45, 7) is 4.56. The van der Waals surface area contributed by atoms with Gasteiger partial charge in [0.05, 0.1) is 4.90 Å². The molecule has 1 aliphatic rings. The lowest BCUT2D eigenvalue weighted by atomic mass is 9.99. The van der Waals surface area contributed by atoms with E-state index in [-0.39, 0.29) is 23.3 Å². The number of hydrogen-bond donors (Lipinski definition) is 1. The van der Waals surface area contributed by atoms with Crippen LogP contribution in [0.25, 0.3) is 0 Å². The number of hydrogen-bond acceptors (Lipinski definition) is 6. The van der Waals surface area contributed by atoms with Crippen molar-refractivity contribution >= 4 is 15.9 Å².